The van der Waals surface area contributed by atoms with E-state index in [1.54, 1.807) is 60.7 Å². The van der Waals surface area contributed by atoms with Crippen LogP contribution in [0.1, 0.15) is 52.9 Å². The van der Waals surface area contributed by atoms with Crippen molar-refractivity contribution in [2.45, 2.75) is 57.3 Å². The van der Waals surface area contributed by atoms with Crippen LogP contribution in [-0.4, -0.2) is 49.8 Å². The second kappa shape index (κ2) is 14.0. The number of methoxy groups -OCH3 is 1. The number of para-hydroxylation sites is 2. The van der Waals surface area contributed by atoms with Crippen LogP contribution in [0.3, 0.4) is 0 Å². The van der Waals surface area contributed by atoms with Gasteiger partial charge in [-0.1, -0.05) is 65.8 Å². The molecular formula is C33H39N5O7S. The van der Waals surface area contributed by atoms with E-state index in [2.05, 4.69) is 25.0 Å². The van der Waals surface area contributed by atoms with Crippen LogP contribution in [0.2, 0.25) is 0 Å². The Morgan fingerprint density at radius 1 is 0.826 bits per heavy atom. The van der Waals surface area contributed by atoms with Crippen molar-refractivity contribution in [3.8, 4) is 23.1 Å². The van der Waals surface area contributed by atoms with Crippen LogP contribution < -0.4 is 24.2 Å². The summed E-state index contributed by atoms with van der Waals surface area (Å²) in [5.41, 5.74) is 0.728. The van der Waals surface area contributed by atoms with E-state index in [-0.39, 0.29) is 52.5 Å². The normalized spacial score (nSPS) is 11.8. The van der Waals surface area contributed by atoms with Crippen LogP contribution in [0.4, 0.5) is 16.3 Å². The van der Waals surface area contributed by atoms with Gasteiger partial charge in [0.2, 0.25) is 5.75 Å². The molecule has 0 aliphatic carbocycles. The van der Waals surface area contributed by atoms with Gasteiger partial charge in [0.25, 0.3) is 15.9 Å². The number of nitrogens with zero attached hydrogens (tertiary/aromatic N) is 3. The molecular weight excluding hydrogens is 610 g/mol. The summed E-state index contributed by atoms with van der Waals surface area (Å²) in [5, 5.41) is 2.59. The highest BCUT2D eigenvalue weighted by molar-refractivity contribution is 7.92. The Kier molecular flexibility index (Phi) is 10.4. The fourth-order valence-corrected chi connectivity index (χ4v) is 5.02. The molecule has 0 atom stereocenters. The van der Waals surface area contributed by atoms with Crippen molar-refractivity contribution < 1.29 is 32.2 Å². The second-order valence-corrected chi connectivity index (χ2v) is 13.9. The van der Waals surface area contributed by atoms with E-state index in [4.69, 9.17) is 18.9 Å². The number of amides is 1. The maximum atomic E-state index is 13.7. The minimum atomic E-state index is -4.14. The molecule has 4 rings (SSSR count). The first-order valence-electron chi connectivity index (χ1n) is 14.5. The van der Waals surface area contributed by atoms with Gasteiger partial charge in [0, 0.05) is 23.5 Å². The number of hydrogen-bond acceptors (Lipinski definition) is 10. The molecule has 2 aromatic carbocycles. The second-order valence-electron chi connectivity index (χ2n) is 12.3. The molecule has 46 heavy (non-hydrogen) atoms. The van der Waals surface area contributed by atoms with Crippen LogP contribution >= 0.6 is 0 Å². The standard InChI is InChI=1S/C33H39N5O7S/c1-32(2,3)22-12-14-24(15-13-22)46(40,41)38-28-27(45-26-11-9-8-10-25(26)42-7)29(37-30(36-28)33(4,5)6)43-20-21-44-31(39)35-23-16-18-34-19-17-23/h8-19H,20-21H2,1-7H3,(H,34,35,39)(H,36,37,38). The Balaban J connectivity index is 1.69. The summed E-state index contributed by atoms with van der Waals surface area (Å²) >= 11 is 0. The molecule has 12 nitrogen and oxygen atoms in total. The first kappa shape index (κ1) is 34.0. The lowest BCUT2D eigenvalue weighted by atomic mass is 9.87. The van der Waals surface area contributed by atoms with Crippen LogP contribution in [-0.2, 0) is 25.6 Å². The van der Waals surface area contributed by atoms with Gasteiger partial charge in [-0.3, -0.25) is 15.0 Å². The Morgan fingerprint density at radius 2 is 1.48 bits per heavy atom. The number of aromatic nitrogens is 3. The fourth-order valence-electron chi connectivity index (χ4n) is 4.02. The molecule has 0 radical (unpaired) electrons. The molecule has 244 valence electrons. The van der Waals surface area contributed by atoms with Crippen molar-refractivity contribution in [3.05, 3.63) is 84.4 Å². The first-order chi connectivity index (χ1) is 21.7. The number of rotatable bonds is 11. The molecule has 4 aromatic rings. The summed E-state index contributed by atoms with van der Waals surface area (Å²) in [6, 6.07) is 16.7. The lowest BCUT2D eigenvalue weighted by molar-refractivity contribution is 0.135. The predicted octanol–water partition coefficient (Wildman–Crippen LogP) is 6.70. The molecule has 0 bridgehead atoms. The molecule has 0 saturated carbocycles. The van der Waals surface area contributed by atoms with E-state index in [9.17, 15) is 13.2 Å². The molecule has 0 fully saturated rings. The number of nitrogens with one attached hydrogen (secondary N) is 2. The number of anilines is 2. The summed E-state index contributed by atoms with van der Waals surface area (Å²) < 4.78 is 52.8. The topological polar surface area (TPSA) is 151 Å². The van der Waals surface area contributed by atoms with Crippen LogP contribution in [0.5, 0.6) is 23.1 Å². The lowest BCUT2D eigenvalue weighted by Gasteiger charge is -2.22. The van der Waals surface area contributed by atoms with E-state index in [0.29, 0.717) is 11.4 Å². The zero-order chi connectivity index (χ0) is 33.5. The molecule has 2 heterocycles. The smallest absolute Gasteiger partial charge is 0.411 e. The molecule has 0 unspecified atom stereocenters. The van der Waals surface area contributed by atoms with Gasteiger partial charge in [-0.15, -0.1) is 0 Å². The van der Waals surface area contributed by atoms with Gasteiger partial charge >= 0.3 is 6.09 Å². The van der Waals surface area contributed by atoms with E-state index in [0.717, 1.165) is 5.56 Å². The van der Waals surface area contributed by atoms with Crippen molar-refractivity contribution in [1.82, 2.24) is 15.0 Å². The highest BCUT2D eigenvalue weighted by atomic mass is 32.2. The third-order valence-corrected chi connectivity index (χ3v) is 7.88. The van der Waals surface area contributed by atoms with Crippen molar-refractivity contribution in [2.75, 3.05) is 30.4 Å². The molecule has 1 amide bonds. The molecule has 0 saturated heterocycles. The zero-order valence-electron chi connectivity index (χ0n) is 27.0. The van der Waals surface area contributed by atoms with E-state index < -0.39 is 21.5 Å². The number of pyridine rings is 1. The number of carbonyl (C=O) groups excluding carboxylic acids is 1. The Bertz CT molecular complexity index is 1750. The van der Waals surface area contributed by atoms with E-state index in [1.165, 1.54) is 19.5 Å². The Labute approximate surface area is 269 Å². The number of carbonyl (C=O) groups is 1. The van der Waals surface area contributed by atoms with Crippen LogP contribution in [0.15, 0.2) is 78.0 Å². The third kappa shape index (κ3) is 8.84. The first-order valence-corrected chi connectivity index (χ1v) is 16.0. The zero-order valence-corrected chi connectivity index (χ0v) is 27.8. The Morgan fingerprint density at radius 3 is 2.09 bits per heavy atom. The summed E-state index contributed by atoms with van der Waals surface area (Å²) in [4.78, 5) is 25.4. The van der Waals surface area contributed by atoms with Crippen LogP contribution in [0, 0.1) is 0 Å². The number of sulfonamides is 1. The van der Waals surface area contributed by atoms with Crippen molar-refractivity contribution in [2.24, 2.45) is 0 Å². The van der Waals surface area contributed by atoms with Gasteiger partial charge in [-0.25, -0.2) is 18.2 Å². The third-order valence-electron chi connectivity index (χ3n) is 6.53. The number of benzene rings is 2. The lowest BCUT2D eigenvalue weighted by Crippen LogP contribution is -2.22. The van der Waals surface area contributed by atoms with Gasteiger partial charge in [0.05, 0.1) is 12.0 Å². The van der Waals surface area contributed by atoms with E-state index >= 15 is 0 Å². The predicted molar refractivity (Wildman–Crippen MR) is 174 cm³/mol. The monoisotopic (exact) mass is 649 g/mol. The van der Waals surface area contributed by atoms with Gasteiger partial charge in [-0.05, 0) is 47.4 Å². The largest absolute Gasteiger partial charge is 0.493 e. The summed E-state index contributed by atoms with van der Waals surface area (Å²) in [7, 11) is -2.66. The van der Waals surface area contributed by atoms with Crippen LogP contribution in [0.25, 0.3) is 0 Å². The van der Waals surface area contributed by atoms with E-state index in [1.807, 2.05) is 41.5 Å². The van der Waals surface area contributed by atoms with Crippen molar-refractivity contribution in [1.29, 1.82) is 0 Å². The van der Waals surface area contributed by atoms with Gasteiger partial charge < -0.3 is 18.9 Å². The molecule has 0 aliphatic heterocycles. The molecule has 0 aliphatic rings. The average molecular weight is 650 g/mol. The summed E-state index contributed by atoms with van der Waals surface area (Å²) in [5.74, 6) is 0.628. The SMILES string of the molecule is COc1ccccc1Oc1c(NS(=O)(=O)c2ccc(C(C)(C)C)cc2)nc(C(C)(C)C)nc1OCCOC(=O)Nc1ccncc1. The number of hydrogen-bond donors (Lipinski definition) is 2. The molecule has 0 spiro atoms. The maximum Gasteiger partial charge on any atom is 0.411 e. The Hall–Kier alpha value is -4.91. The van der Waals surface area contributed by atoms with Crippen molar-refractivity contribution in [3.63, 3.8) is 0 Å². The molecule has 2 N–H and O–H groups in total. The fraction of sp³-hybridized carbons (Fsp3) is 0.333. The maximum absolute atomic E-state index is 13.7. The van der Waals surface area contributed by atoms with Crippen molar-refractivity contribution >= 4 is 27.6 Å². The van der Waals surface area contributed by atoms with Gasteiger partial charge in [-0.2, -0.15) is 4.98 Å². The minimum absolute atomic E-state index is 0.0377. The average Bonchev–Trinajstić information content (AvgIpc) is 3.00. The minimum Gasteiger partial charge on any atom is -0.493 e. The van der Waals surface area contributed by atoms with Gasteiger partial charge in [0.1, 0.15) is 19.0 Å². The highest BCUT2D eigenvalue weighted by Crippen LogP contribution is 2.41. The summed E-state index contributed by atoms with van der Waals surface area (Å²) in [6.07, 6.45) is 2.39. The quantitative estimate of drug-likeness (QED) is 0.168. The molecule has 2 aromatic heterocycles. The summed E-state index contributed by atoms with van der Waals surface area (Å²) in [6.45, 7) is 11.5. The van der Waals surface area contributed by atoms with Gasteiger partial charge in [0.15, 0.2) is 17.3 Å². The number of ether oxygens (including phenoxy) is 4. The molecule has 13 heteroatoms. The highest BCUT2D eigenvalue weighted by Gasteiger charge is 2.29.